The Kier molecular flexibility index (Phi) is 5.91. The highest BCUT2D eigenvalue weighted by Gasteiger charge is 2.23. The molecule has 3 aromatic rings. The van der Waals surface area contributed by atoms with Crippen molar-refractivity contribution in [2.24, 2.45) is 0 Å². The molecule has 1 N–H and O–H groups in total. The number of rotatable bonds is 6. The van der Waals surface area contributed by atoms with Gasteiger partial charge in [0.1, 0.15) is 11.6 Å². The average Bonchev–Trinajstić information content (AvgIpc) is 3.23. The molecule has 0 bridgehead atoms. The zero-order valence-corrected chi connectivity index (χ0v) is 16.6. The van der Waals surface area contributed by atoms with E-state index in [0.29, 0.717) is 11.3 Å². The minimum Gasteiger partial charge on any atom is -0.496 e. The second-order valence-corrected chi connectivity index (χ2v) is 7.31. The van der Waals surface area contributed by atoms with E-state index in [9.17, 15) is 4.79 Å². The summed E-state index contributed by atoms with van der Waals surface area (Å²) in [4.78, 5) is 15.2. The molecule has 0 spiro atoms. The lowest BCUT2D eigenvalue weighted by Gasteiger charge is -2.32. The Bertz CT molecular complexity index is 946. The Balaban J connectivity index is 1.39. The van der Waals surface area contributed by atoms with Gasteiger partial charge < -0.3 is 10.1 Å². The summed E-state index contributed by atoms with van der Waals surface area (Å²) in [6, 6.07) is 19.9. The number of anilines is 1. The van der Waals surface area contributed by atoms with Crippen molar-refractivity contribution in [3.8, 4) is 5.75 Å². The Morgan fingerprint density at radius 2 is 1.79 bits per heavy atom. The maximum atomic E-state index is 12.7. The van der Waals surface area contributed by atoms with Crippen LogP contribution in [-0.2, 0) is 6.54 Å². The number of carbonyl (C=O) groups is 1. The third-order valence-corrected chi connectivity index (χ3v) is 5.42. The standard InChI is InChI=1S/C23H26N4O2/c1-29-21-10-6-5-9-20(21)23(28)25-22-11-14-24-27(22)19-12-15-26(16-13-19)17-18-7-3-2-4-8-18/h2-11,14,19H,12-13,15-17H2,1H3,(H,25,28). The quantitative estimate of drug-likeness (QED) is 0.692. The number of benzene rings is 2. The molecule has 0 unspecified atom stereocenters. The molecule has 0 saturated carbocycles. The van der Waals surface area contributed by atoms with Crippen LogP contribution in [0, 0.1) is 0 Å². The largest absolute Gasteiger partial charge is 0.496 e. The van der Waals surface area contributed by atoms with Crippen molar-refractivity contribution >= 4 is 11.7 Å². The summed E-state index contributed by atoms with van der Waals surface area (Å²) in [5.74, 6) is 1.10. The van der Waals surface area contributed by atoms with Gasteiger partial charge in [-0.15, -0.1) is 0 Å². The number of hydrogen-bond acceptors (Lipinski definition) is 4. The zero-order valence-electron chi connectivity index (χ0n) is 16.6. The molecule has 2 aromatic carbocycles. The Morgan fingerprint density at radius 3 is 2.55 bits per heavy atom. The second-order valence-electron chi connectivity index (χ2n) is 7.31. The summed E-state index contributed by atoms with van der Waals surface area (Å²) in [6.45, 7) is 3.00. The highest BCUT2D eigenvalue weighted by molar-refractivity contribution is 6.05. The first-order valence-corrected chi connectivity index (χ1v) is 9.99. The van der Waals surface area contributed by atoms with Crippen molar-refractivity contribution in [3.05, 3.63) is 78.0 Å². The topological polar surface area (TPSA) is 59.4 Å². The molecule has 1 aliphatic heterocycles. The molecular formula is C23H26N4O2. The molecule has 150 valence electrons. The molecule has 1 saturated heterocycles. The molecule has 6 heteroatoms. The number of nitrogens with one attached hydrogen (secondary N) is 1. The highest BCUT2D eigenvalue weighted by Crippen LogP contribution is 2.27. The summed E-state index contributed by atoms with van der Waals surface area (Å²) < 4.78 is 7.26. The molecule has 4 rings (SSSR count). The van der Waals surface area contributed by atoms with Crippen LogP contribution in [-0.4, -0.2) is 40.8 Å². The second kappa shape index (κ2) is 8.92. The van der Waals surface area contributed by atoms with Crippen LogP contribution in [0.3, 0.4) is 0 Å². The molecule has 0 radical (unpaired) electrons. The molecule has 1 amide bonds. The molecule has 0 aliphatic carbocycles. The van der Waals surface area contributed by atoms with Gasteiger partial charge in [-0.1, -0.05) is 42.5 Å². The minimum atomic E-state index is -0.189. The molecule has 1 aliphatic rings. The van der Waals surface area contributed by atoms with Crippen molar-refractivity contribution in [1.82, 2.24) is 14.7 Å². The van der Waals surface area contributed by atoms with Crippen molar-refractivity contribution in [1.29, 1.82) is 0 Å². The van der Waals surface area contributed by atoms with Crippen LogP contribution in [0.2, 0.25) is 0 Å². The van der Waals surface area contributed by atoms with Gasteiger partial charge in [-0.25, -0.2) is 4.68 Å². The molecule has 1 fully saturated rings. The van der Waals surface area contributed by atoms with Gasteiger partial charge in [0.05, 0.1) is 24.9 Å². The van der Waals surface area contributed by atoms with Crippen LogP contribution in [0.4, 0.5) is 5.82 Å². The number of ether oxygens (including phenoxy) is 1. The SMILES string of the molecule is COc1ccccc1C(=O)Nc1ccnn1C1CCN(Cc2ccccc2)CC1. The van der Waals surface area contributed by atoms with E-state index < -0.39 is 0 Å². The van der Waals surface area contributed by atoms with Crippen LogP contribution in [0.15, 0.2) is 66.9 Å². The molecule has 6 nitrogen and oxygen atoms in total. The van der Waals surface area contributed by atoms with E-state index in [1.807, 2.05) is 28.9 Å². The number of nitrogens with zero attached hydrogens (tertiary/aromatic N) is 3. The number of para-hydroxylation sites is 1. The van der Waals surface area contributed by atoms with Gasteiger partial charge in [0, 0.05) is 25.7 Å². The third-order valence-electron chi connectivity index (χ3n) is 5.42. The highest BCUT2D eigenvalue weighted by atomic mass is 16.5. The fourth-order valence-corrected chi connectivity index (χ4v) is 3.88. The molecule has 0 atom stereocenters. The van der Waals surface area contributed by atoms with E-state index >= 15 is 0 Å². The Morgan fingerprint density at radius 1 is 1.07 bits per heavy atom. The Labute approximate surface area is 171 Å². The predicted octanol–water partition coefficient (Wildman–Crippen LogP) is 3.98. The van der Waals surface area contributed by atoms with Crippen LogP contribution in [0.25, 0.3) is 0 Å². The van der Waals surface area contributed by atoms with E-state index in [1.54, 1.807) is 25.4 Å². The average molecular weight is 390 g/mol. The maximum absolute atomic E-state index is 12.7. The number of piperidine rings is 1. The number of amides is 1. The van der Waals surface area contributed by atoms with Crippen molar-refractivity contribution < 1.29 is 9.53 Å². The number of hydrogen-bond donors (Lipinski definition) is 1. The third kappa shape index (κ3) is 4.49. The smallest absolute Gasteiger partial charge is 0.260 e. The van der Waals surface area contributed by atoms with Gasteiger partial charge in [0.2, 0.25) is 0 Å². The lowest BCUT2D eigenvalue weighted by molar-refractivity contribution is 0.102. The lowest BCUT2D eigenvalue weighted by Crippen LogP contribution is -2.35. The summed E-state index contributed by atoms with van der Waals surface area (Å²) in [7, 11) is 1.57. The summed E-state index contributed by atoms with van der Waals surface area (Å²) in [5.41, 5.74) is 1.86. The van der Waals surface area contributed by atoms with Crippen LogP contribution < -0.4 is 10.1 Å². The first-order chi connectivity index (χ1) is 14.2. The fraction of sp³-hybridized carbons (Fsp3) is 0.304. The first kappa shape index (κ1) is 19.2. The number of likely N-dealkylation sites (tertiary alicyclic amines) is 1. The first-order valence-electron chi connectivity index (χ1n) is 9.99. The van der Waals surface area contributed by atoms with Gasteiger partial charge in [-0.05, 0) is 30.5 Å². The van der Waals surface area contributed by atoms with Gasteiger partial charge in [0.15, 0.2) is 0 Å². The molecule has 2 heterocycles. The molecule has 1 aromatic heterocycles. The zero-order chi connectivity index (χ0) is 20.1. The number of aromatic nitrogens is 2. The van der Waals surface area contributed by atoms with Crippen molar-refractivity contribution in [2.45, 2.75) is 25.4 Å². The fourth-order valence-electron chi connectivity index (χ4n) is 3.88. The van der Waals surface area contributed by atoms with E-state index in [1.165, 1.54) is 5.56 Å². The van der Waals surface area contributed by atoms with E-state index in [-0.39, 0.29) is 11.9 Å². The normalized spacial score (nSPS) is 15.2. The van der Waals surface area contributed by atoms with Gasteiger partial charge in [0.25, 0.3) is 5.91 Å². The van der Waals surface area contributed by atoms with Crippen molar-refractivity contribution in [3.63, 3.8) is 0 Å². The summed E-state index contributed by atoms with van der Waals surface area (Å²) in [5, 5.41) is 7.49. The Hall–Kier alpha value is -3.12. The van der Waals surface area contributed by atoms with E-state index in [0.717, 1.165) is 38.3 Å². The number of carbonyl (C=O) groups excluding carboxylic acids is 1. The summed E-state index contributed by atoms with van der Waals surface area (Å²) in [6.07, 6.45) is 3.76. The number of methoxy groups -OCH3 is 1. The predicted molar refractivity (Wildman–Crippen MR) is 113 cm³/mol. The van der Waals surface area contributed by atoms with Crippen LogP contribution in [0.1, 0.15) is 34.8 Å². The molecule has 29 heavy (non-hydrogen) atoms. The van der Waals surface area contributed by atoms with Gasteiger partial charge in [-0.3, -0.25) is 9.69 Å². The molecular weight excluding hydrogens is 364 g/mol. The minimum absolute atomic E-state index is 0.189. The van der Waals surface area contributed by atoms with Gasteiger partial charge in [-0.2, -0.15) is 5.10 Å². The maximum Gasteiger partial charge on any atom is 0.260 e. The lowest BCUT2D eigenvalue weighted by atomic mass is 10.0. The van der Waals surface area contributed by atoms with Crippen LogP contribution in [0.5, 0.6) is 5.75 Å². The van der Waals surface area contributed by atoms with Crippen LogP contribution >= 0.6 is 0 Å². The van der Waals surface area contributed by atoms with Gasteiger partial charge >= 0.3 is 0 Å². The van der Waals surface area contributed by atoms with E-state index in [4.69, 9.17) is 4.74 Å². The van der Waals surface area contributed by atoms with Crippen molar-refractivity contribution in [2.75, 3.05) is 25.5 Å². The summed E-state index contributed by atoms with van der Waals surface area (Å²) >= 11 is 0. The van der Waals surface area contributed by atoms with E-state index in [2.05, 4.69) is 39.6 Å². The monoisotopic (exact) mass is 390 g/mol.